The van der Waals surface area contributed by atoms with Crippen LogP contribution in [0.2, 0.25) is 0 Å². The molecule has 0 spiro atoms. The molecule has 3 aromatic rings. The Balaban J connectivity index is 1.82. The second-order valence-electron chi connectivity index (χ2n) is 6.12. The number of aromatic nitrogens is 2. The van der Waals surface area contributed by atoms with E-state index in [2.05, 4.69) is 23.8 Å². The van der Waals surface area contributed by atoms with Crippen molar-refractivity contribution in [2.24, 2.45) is 0 Å². The first kappa shape index (κ1) is 17.9. The molecule has 1 aromatic carbocycles. The average molecular weight is 372 g/mol. The Morgan fingerprint density at radius 1 is 1.20 bits per heavy atom. The van der Waals surface area contributed by atoms with Crippen molar-refractivity contribution in [2.75, 3.05) is 10.7 Å². The third-order valence-corrected chi connectivity index (χ3v) is 6.17. The maximum atomic E-state index is 12.8. The Morgan fingerprint density at radius 2 is 1.92 bits per heavy atom. The number of anilines is 1. The van der Waals surface area contributed by atoms with E-state index >= 15 is 0 Å². The van der Waals surface area contributed by atoms with Crippen molar-refractivity contribution in [3.63, 3.8) is 0 Å². The van der Waals surface area contributed by atoms with Gasteiger partial charge in [-0.3, -0.25) is 4.79 Å². The van der Waals surface area contributed by atoms with Crippen molar-refractivity contribution in [3.8, 4) is 0 Å². The molecule has 25 heavy (non-hydrogen) atoms. The number of benzene rings is 1. The van der Waals surface area contributed by atoms with Crippen LogP contribution in [0.5, 0.6) is 0 Å². The molecule has 0 aliphatic carbocycles. The van der Waals surface area contributed by atoms with Crippen molar-refractivity contribution in [1.82, 2.24) is 9.97 Å². The molecule has 3 rings (SSSR count). The largest absolute Gasteiger partial charge is 0.309 e. The molecule has 0 N–H and O–H groups in total. The first-order valence-corrected chi connectivity index (χ1v) is 10.00. The molecule has 0 atom stereocenters. The summed E-state index contributed by atoms with van der Waals surface area (Å²) >= 11 is 3.17. The SMILES string of the molecule is Cc1sc2ncnc(SCC(=O)N(c3ccccc3)C(C)C)c2c1C. The number of hydrogen-bond donors (Lipinski definition) is 0. The second-order valence-corrected chi connectivity index (χ2v) is 8.29. The number of amides is 1. The van der Waals surface area contributed by atoms with Gasteiger partial charge in [-0.1, -0.05) is 30.0 Å². The summed E-state index contributed by atoms with van der Waals surface area (Å²) in [5.41, 5.74) is 2.14. The van der Waals surface area contributed by atoms with E-state index in [4.69, 9.17) is 0 Å². The van der Waals surface area contributed by atoms with E-state index in [1.54, 1.807) is 17.7 Å². The number of aryl methyl sites for hydroxylation is 2. The van der Waals surface area contributed by atoms with Gasteiger partial charge in [-0.15, -0.1) is 11.3 Å². The van der Waals surface area contributed by atoms with E-state index in [9.17, 15) is 4.79 Å². The molecule has 6 heteroatoms. The summed E-state index contributed by atoms with van der Waals surface area (Å²) in [7, 11) is 0. The Hall–Kier alpha value is -1.92. The lowest BCUT2D eigenvalue weighted by atomic mass is 10.2. The predicted octanol–water partition coefficient (Wildman–Crippen LogP) is 4.84. The van der Waals surface area contributed by atoms with Gasteiger partial charge in [0.05, 0.1) is 5.75 Å². The van der Waals surface area contributed by atoms with Gasteiger partial charge in [-0.2, -0.15) is 0 Å². The summed E-state index contributed by atoms with van der Waals surface area (Å²) in [6, 6.07) is 9.91. The molecule has 0 unspecified atom stereocenters. The number of hydrogen-bond acceptors (Lipinski definition) is 5. The fraction of sp³-hybridized carbons (Fsp3) is 0.316. The molecule has 0 saturated carbocycles. The predicted molar refractivity (Wildman–Crippen MR) is 107 cm³/mol. The fourth-order valence-electron chi connectivity index (χ4n) is 2.78. The lowest BCUT2D eigenvalue weighted by molar-refractivity contribution is -0.116. The van der Waals surface area contributed by atoms with Gasteiger partial charge in [0.2, 0.25) is 5.91 Å². The fourth-order valence-corrected chi connectivity index (χ4v) is 4.75. The summed E-state index contributed by atoms with van der Waals surface area (Å²) in [4.78, 5) is 25.7. The van der Waals surface area contributed by atoms with Gasteiger partial charge in [0, 0.05) is 22.0 Å². The summed E-state index contributed by atoms with van der Waals surface area (Å²) in [5.74, 6) is 0.440. The molecule has 130 valence electrons. The van der Waals surface area contributed by atoms with Gasteiger partial charge in [-0.25, -0.2) is 9.97 Å². The Labute approximate surface area is 156 Å². The van der Waals surface area contributed by atoms with Crippen molar-refractivity contribution in [2.45, 2.75) is 38.8 Å². The number of carbonyl (C=O) groups is 1. The molecule has 0 aliphatic rings. The first-order valence-electron chi connectivity index (χ1n) is 8.19. The first-order chi connectivity index (χ1) is 12.0. The highest BCUT2D eigenvalue weighted by atomic mass is 32.2. The minimum atomic E-state index is 0.0857. The number of carbonyl (C=O) groups excluding carboxylic acids is 1. The minimum absolute atomic E-state index is 0.0857. The topological polar surface area (TPSA) is 46.1 Å². The number of thiophene rings is 1. The Bertz CT molecular complexity index is 890. The highest BCUT2D eigenvalue weighted by Gasteiger charge is 2.20. The van der Waals surface area contributed by atoms with Gasteiger partial charge in [0.15, 0.2) is 0 Å². The third kappa shape index (κ3) is 3.70. The van der Waals surface area contributed by atoms with E-state index in [1.807, 2.05) is 49.1 Å². The van der Waals surface area contributed by atoms with Crippen molar-refractivity contribution in [3.05, 3.63) is 47.1 Å². The smallest absolute Gasteiger partial charge is 0.237 e. The van der Waals surface area contributed by atoms with Crippen LogP contribution in [-0.4, -0.2) is 27.7 Å². The van der Waals surface area contributed by atoms with Gasteiger partial charge in [-0.05, 0) is 45.4 Å². The lowest BCUT2D eigenvalue weighted by Gasteiger charge is -2.26. The molecule has 4 nitrogen and oxygen atoms in total. The van der Waals surface area contributed by atoms with E-state index < -0.39 is 0 Å². The molecule has 1 amide bonds. The number of thioether (sulfide) groups is 1. The van der Waals surface area contributed by atoms with Crippen LogP contribution < -0.4 is 4.90 Å². The molecule has 0 aliphatic heterocycles. The molecule has 2 aromatic heterocycles. The lowest BCUT2D eigenvalue weighted by Crippen LogP contribution is -2.38. The molecule has 0 bridgehead atoms. The zero-order valence-corrected chi connectivity index (χ0v) is 16.4. The minimum Gasteiger partial charge on any atom is -0.309 e. The number of para-hydroxylation sites is 1. The van der Waals surface area contributed by atoms with E-state index in [0.717, 1.165) is 20.9 Å². The van der Waals surface area contributed by atoms with Gasteiger partial charge >= 0.3 is 0 Å². The van der Waals surface area contributed by atoms with Gasteiger partial charge in [0.1, 0.15) is 16.2 Å². The maximum Gasteiger partial charge on any atom is 0.237 e. The molecule has 0 saturated heterocycles. The molecular weight excluding hydrogens is 350 g/mol. The Morgan fingerprint density at radius 3 is 2.60 bits per heavy atom. The van der Waals surface area contributed by atoms with Crippen molar-refractivity contribution >= 4 is 44.9 Å². The van der Waals surface area contributed by atoms with Crippen molar-refractivity contribution < 1.29 is 4.79 Å². The normalized spacial score (nSPS) is 11.2. The van der Waals surface area contributed by atoms with Crippen LogP contribution in [-0.2, 0) is 4.79 Å². The second kappa shape index (κ2) is 7.54. The third-order valence-electron chi connectivity index (χ3n) is 4.08. The van der Waals surface area contributed by atoms with E-state index in [1.165, 1.54) is 22.2 Å². The van der Waals surface area contributed by atoms with Crippen LogP contribution in [0.3, 0.4) is 0 Å². The zero-order valence-electron chi connectivity index (χ0n) is 14.8. The summed E-state index contributed by atoms with van der Waals surface area (Å²) in [6.45, 7) is 8.25. The van der Waals surface area contributed by atoms with Crippen LogP contribution in [0.4, 0.5) is 5.69 Å². The quantitative estimate of drug-likeness (QED) is 0.475. The van der Waals surface area contributed by atoms with E-state index in [-0.39, 0.29) is 11.9 Å². The van der Waals surface area contributed by atoms with Gasteiger partial charge in [0.25, 0.3) is 0 Å². The summed E-state index contributed by atoms with van der Waals surface area (Å²) in [5, 5.41) is 1.97. The molecule has 2 heterocycles. The van der Waals surface area contributed by atoms with Crippen LogP contribution in [0.1, 0.15) is 24.3 Å². The molecule has 0 fully saturated rings. The standard InChI is InChI=1S/C19H21N3OS2/c1-12(2)22(15-8-6-5-7-9-15)16(23)10-24-18-17-13(3)14(4)25-19(17)21-11-20-18/h5-9,11-12H,10H2,1-4H3. The number of rotatable bonds is 5. The highest BCUT2D eigenvalue weighted by molar-refractivity contribution is 8.00. The number of nitrogens with zero attached hydrogens (tertiary/aromatic N) is 3. The molecular formula is C19H21N3OS2. The number of fused-ring (bicyclic) bond motifs is 1. The highest BCUT2D eigenvalue weighted by Crippen LogP contribution is 2.34. The molecule has 0 radical (unpaired) electrons. The van der Waals surface area contributed by atoms with E-state index in [0.29, 0.717) is 5.75 Å². The maximum absolute atomic E-state index is 12.8. The Kier molecular flexibility index (Phi) is 5.39. The summed E-state index contributed by atoms with van der Waals surface area (Å²) in [6.07, 6.45) is 1.59. The van der Waals surface area contributed by atoms with Crippen molar-refractivity contribution in [1.29, 1.82) is 0 Å². The average Bonchev–Trinajstić information content (AvgIpc) is 2.89. The zero-order chi connectivity index (χ0) is 18.0. The van der Waals surface area contributed by atoms with Crippen LogP contribution in [0, 0.1) is 13.8 Å². The monoisotopic (exact) mass is 371 g/mol. The van der Waals surface area contributed by atoms with Crippen LogP contribution in [0.25, 0.3) is 10.2 Å². The van der Waals surface area contributed by atoms with Crippen LogP contribution in [0.15, 0.2) is 41.7 Å². The summed E-state index contributed by atoms with van der Waals surface area (Å²) < 4.78 is 0. The van der Waals surface area contributed by atoms with Crippen LogP contribution >= 0.6 is 23.1 Å². The van der Waals surface area contributed by atoms with Gasteiger partial charge < -0.3 is 4.90 Å².